The largest absolute Gasteiger partial charge is 0.399 e. The van der Waals surface area contributed by atoms with Gasteiger partial charge in [-0.25, -0.2) is 0 Å². The number of nitrogens with two attached hydrogens (primary N) is 1. The van der Waals surface area contributed by atoms with E-state index in [9.17, 15) is 9.59 Å². The van der Waals surface area contributed by atoms with Crippen LogP contribution in [0.25, 0.3) is 11.3 Å². The van der Waals surface area contributed by atoms with Gasteiger partial charge < -0.3 is 5.73 Å². The monoisotopic (exact) mass is 321 g/mol. The van der Waals surface area contributed by atoms with Crippen molar-refractivity contribution in [3.05, 3.63) is 64.4 Å². The van der Waals surface area contributed by atoms with Crippen LogP contribution >= 0.6 is 0 Å². The van der Waals surface area contributed by atoms with Gasteiger partial charge in [-0.1, -0.05) is 12.1 Å². The number of aromatic nitrogens is 2. The summed E-state index contributed by atoms with van der Waals surface area (Å²) in [7, 11) is 0. The normalized spacial score (nSPS) is 11.0. The SMILES string of the molecule is CC(=O)c1ccc(N=Nc2c(-c3cccc(N)c3)[nH][nH]c2=O)cc1. The van der Waals surface area contributed by atoms with Crippen LogP contribution in [-0.2, 0) is 0 Å². The van der Waals surface area contributed by atoms with E-state index >= 15 is 0 Å². The van der Waals surface area contributed by atoms with Gasteiger partial charge in [-0.3, -0.25) is 19.8 Å². The number of H-pyrrole nitrogens is 2. The minimum atomic E-state index is -0.378. The zero-order valence-electron chi connectivity index (χ0n) is 12.9. The molecule has 0 radical (unpaired) electrons. The first-order valence-corrected chi connectivity index (χ1v) is 7.24. The number of carbonyl (C=O) groups excluding carboxylic acids is 1. The Morgan fingerprint density at radius 3 is 2.46 bits per heavy atom. The maximum Gasteiger partial charge on any atom is 0.292 e. The average Bonchev–Trinajstić information content (AvgIpc) is 2.94. The smallest absolute Gasteiger partial charge is 0.292 e. The number of hydrogen-bond acceptors (Lipinski definition) is 5. The minimum absolute atomic E-state index is 0.0236. The second kappa shape index (κ2) is 6.33. The number of nitrogens with one attached hydrogen (secondary N) is 2. The predicted octanol–water partition coefficient (Wildman–Crippen LogP) is 3.57. The first-order valence-electron chi connectivity index (χ1n) is 7.24. The lowest BCUT2D eigenvalue weighted by Gasteiger charge is -2.00. The van der Waals surface area contributed by atoms with Crippen LogP contribution in [0.3, 0.4) is 0 Å². The summed E-state index contributed by atoms with van der Waals surface area (Å²) in [5.74, 6) is -0.0236. The number of anilines is 1. The molecule has 3 rings (SSSR count). The first-order chi connectivity index (χ1) is 11.5. The van der Waals surface area contributed by atoms with Crippen LogP contribution in [0.1, 0.15) is 17.3 Å². The van der Waals surface area contributed by atoms with Crippen molar-refractivity contribution < 1.29 is 4.79 Å². The van der Waals surface area contributed by atoms with Crippen LogP contribution in [-0.4, -0.2) is 16.0 Å². The Kier molecular flexibility index (Phi) is 4.07. The second-order valence-corrected chi connectivity index (χ2v) is 5.23. The van der Waals surface area contributed by atoms with E-state index < -0.39 is 0 Å². The van der Waals surface area contributed by atoms with Gasteiger partial charge >= 0.3 is 0 Å². The third-order valence-electron chi connectivity index (χ3n) is 3.47. The van der Waals surface area contributed by atoms with Gasteiger partial charge in [-0.05, 0) is 43.3 Å². The fourth-order valence-electron chi connectivity index (χ4n) is 2.22. The Labute approximate surface area is 137 Å². The number of carbonyl (C=O) groups is 1. The quantitative estimate of drug-likeness (QED) is 0.387. The molecule has 0 spiro atoms. The van der Waals surface area contributed by atoms with E-state index in [4.69, 9.17) is 5.73 Å². The summed E-state index contributed by atoms with van der Waals surface area (Å²) in [6, 6.07) is 13.8. The summed E-state index contributed by atoms with van der Waals surface area (Å²) in [6.07, 6.45) is 0. The molecule has 0 atom stereocenters. The first kappa shape index (κ1) is 15.4. The van der Waals surface area contributed by atoms with E-state index in [-0.39, 0.29) is 17.0 Å². The van der Waals surface area contributed by atoms with Gasteiger partial charge in [-0.2, -0.15) is 5.11 Å². The molecule has 0 aliphatic rings. The molecule has 0 aliphatic carbocycles. The van der Waals surface area contributed by atoms with Crippen molar-refractivity contribution in [1.82, 2.24) is 10.2 Å². The summed E-state index contributed by atoms with van der Waals surface area (Å²) < 4.78 is 0. The van der Waals surface area contributed by atoms with Gasteiger partial charge in [0.25, 0.3) is 5.56 Å². The van der Waals surface area contributed by atoms with Crippen molar-refractivity contribution in [2.75, 3.05) is 5.73 Å². The van der Waals surface area contributed by atoms with Crippen molar-refractivity contribution in [2.24, 2.45) is 10.2 Å². The van der Waals surface area contributed by atoms with Crippen molar-refractivity contribution in [1.29, 1.82) is 0 Å². The van der Waals surface area contributed by atoms with E-state index in [1.165, 1.54) is 6.92 Å². The highest BCUT2D eigenvalue weighted by Crippen LogP contribution is 2.27. The zero-order chi connectivity index (χ0) is 17.1. The lowest BCUT2D eigenvalue weighted by molar-refractivity contribution is 0.101. The number of ketones is 1. The van der Waals surface area contributed by atoms with E-state index in [2.05, 4.69) is 20.4 Å². The molecule has 0 amide bonds. The Balaban J connectivity index is 1.94. The van der Waals surface area contributed by atoms with Gasteiger partial charge in [0.1, 0.15) is 0 Å². The molecular formula is C17H15N5O2. The molecule has 0 aliphatic heterocycles. The van der Waals surface area contributed by atoms with Crippen molar-refractivity contribution in [3.63, 3.8) is 0 Å². The average molecular weight is 321 g/mol. The predicted molar refractivity (Wildman–Crippen MR) is 91.9 cm³/mol. The van der Waals surface area contributed by atoms with Gasteiger partial charge in [-0.15, -0.1) is 5.11 Å². The number of rotatable bonds is 4. The molecule has 7 nitrogen and oxygen atoms in total. The zero-order valence-corrected chi connectivity index (χ0v) is 12.9. The van der Waals surface area contributed by atoms with Gasteiger partial charge in [0.15, 0.2) is 11.5 Å². The van der Waals surface area contributed by atoms with Crippen LogP contribution in [0, 0.1) is 0 Å². The molecule has 1 aromatic heterocycles. The molecule has 3 aromatic rings. The molecule has 0 saturated heterocycles. The molecule has 120 valence electrons. The second-order valence-electron chi connectivity index (χ2n) is 5.23. The molecule has 0 bridgehead atoms. The van der Waals surface area contributed by atoms with Crippen molar-refractivity contribution in [2.45, 2.75) is 6.92 Å². The molecule has 2 aromatic carbocycles. The van der Waals surface area contributed by atoms with Crippen LogP contribution < -0.4 is 11.3 Å². The van der Waals surface area contributed by atoms with Crippen LogP contribution in [0.4, 0.5) is 17.1 Å². The Bertz CT molecular complexity index is 967. The number of azo groups is 1. The van der Waals surface area contributed by atoms with E-state index in [1.807, 2.05) is 6.07 Å². The summed E-state index contributed by atoms with van der Waals surface area (Å²) in [6.45, 7) is 1.49. The van der Waals surface area contributed by atoms with Gasteiger partial charge in [0, 0.05) is 16.8 Å². The van der Waals surface area contributed by atoms with E-state index in [1.54, 1.807) is 42.5 Å². The third kappa shape index (κ3) is 3.14. The fourth-order valence-corrected chi connectivity index (χ4v) is 2.22. The summed E-state index contributed by atoms with van der Waals surface area (Å²) in [5.41, 5.74) is 8.51. The Morgan fingerprint density at radius 2 is 1.79 bits per heavy atom. The highest BCUT2D eigenvalue weighted by molar-refractivity contribution is 5.94. The summed E-state index contributed by atoms with van der Waals surface area (Å²) in [5, 5.41) is 13.4. The van der Waals surface area contributed by atoms with E-state index in [0.717, 1.165) is 5.56 Å². The highest BCUT2D eigenvalue weighted by atomic mass is 16.1. The third-order valence-corrected chi connectivity index (χ3v) is 3.47. The Hall–Kier alpha value is -3.48. The standard InChI is InChI=1S/C17H15N5O2/c1-10(23)11-5-7-14(8-6-11)19-21-16-15(20-22-17(16)24)12-3-2-4-13(18)9-12/h2-9H,18H2,1H3,(H2,20,22,24). The van der Waals surface area contributed by atoms with Crippen molar-refractivity contribution in [3.8, 4) is 11.3 Å². The van der Waals surface area contributed by atoms with Gasteiger partial charge in [0.2, 0.25) is 0 Å². The lowest BCUT2D eigenvalue weighted by Crippen LogP contribution is -1.96. The minimum Gasteiger partial charge on any atom is -0.399 e. The number of nitrogens with zero attached hydrogens (tertiary/aromatic N) is 2. The molecular weight excluding hydrogens is 306 g/mol. The van der Waals surface area contributed by atoms with Crippen molar-refractivity contribution >= 4 is 22.8 Å². The molecule has 24 heavy (non-hydrogen) atoms. The molecule has 4 N–H and O–H groups in total. The van der Waals surface area contributed by atoms with Crippen LogP contribution in [0.15, 0.2) is 63.6 Å². The van der Waals surface area contributed by atoms with Gasteiger partial charge in [0.05, 0.1) is 11.4 Å². The molecule has 0 unspecified atom stereocenters. The maximum absolute atomic E-state index is 11.9. The molecule has 1 heterocycles. The molecule has 0 fully saturated rings. The van der Waals surface area contributed by atoms with Crippen LogP contribution in [0.2, 0.25) is 0 Å². The number of aromatic amines is 2. The summed E-state index contributed by atoms with van der Waals surface area (Å²) >= 11 is 0. The molecule has 0 saturated carbocycles. The molecule has 7 heteroatoms. The lowest BCUT2D eigenvalue weighted by atomic mass is 10.1. The number of hydrogen-bond donors (Lipinski definition) is 3. The maximum atomic E-state index is 11.9. The fraction of sp³-hybridized carbons (Fsp3) is 0.0588. The van der Waals surface area contributed by atoms with E-state index in [0.29, 0.717) is 22.6 Å². The number of benzene rings is 2. The summed E-state index contributed by atoms with van der Waals surface area (Å²) in [4.78, 5) is 23.2. The topological polar surface area (TPSA) is 116 Å². The number of nitrogen functional groups attached to an aromatic ring is 1. The van der Waals surface area contributed by atoms with Crippen LogP contribution in [0.5, 0.6) is 0 Å². The highest BCUT2D eigenvalue weighted by Gasteiger charge is 2.11. The Morgan fingerprint density at radius 1 is 1.04 bits per heavy atom. The number of Topliss-reactive ketones (excluding diaryl/α,β-unsaturated/α-hetero) is 1.